The summed E-state index contributed by atoms with van der Waals surface area (Å²) in [5.74, 6) is -2.84. The lowest BCUT2D eigenvalue weighted by Gasteiger charge is -2.23. The van der Waals surface area contributed by atoms with Gasteiger partial charge in [0.05, 0.1) is 0 Å². The molecule has 0 aliphatic carbocycles. The van der Waals surface area contributed by atoms with Gasteiger partial charge in [-0.1, -0.05) is 50.6 Å². The maximum atomic E-state index is 13.1. The number of hydrogen-bond acceptors (Lipinski definition) is 7. The standard InChI is InChI=1S/C29H48N6O6/c1-20(2)17-22(19-26(37)35-41)28(39)34-24(18-21-11-5-3-6-12-21)29(40)32-16-10-4-7-14-25(36)33-23(27(31)38)13-8-9-15-30/h3,5-6,11-12,20,22-24,41H,4,7-10,13-19,30H2,1-2H3,(H2,31,38)(H,32,40)(H,33,36)(H,34,39)(H,35,37)/t22-,23+,24+/m1/s1. The zero-order valence-electron chi connectivity index (χ0n) is 24.3. The van der Waals surface area contributed by atoms with Crippen molar-refractivity contribution >= 4 is 29.5 Å². The molecule has 0 heterocycles. The Morgan fingerprint density at radius 2 is 1.56 bits per heavy atom. The summed E-state index contributed by atoms with van der Waals surface area (Å²) < 4.78 is 0. The van der Waals surface area contributed by atoms with Crippen LogP contribution in [0.1, 0.15) is 77.2 Å². The molecule has 9 N–H and O–H groups in total. The highest BCUT2D eigenvalue weighted by atomic mass is 16.5. The first-order valence-corrected chi connectivity index (χ1v) is 14.4. The molecule has 0 aliphatic heterocycles. The van der Waals surface area contributed by atoms with Gasteiger partial charge in [0.2, 0.25) is 29.5 Å². The number of unbranched alkanes of at least 4 members (excludes halogenated alkanes) is 3. The molecule has 41 heavy (non-hydrogen) atoms. The van der Waals surface area contributed by atoms with Crippen molar-refractivity contribution in [1.29, 1.82) is 0 Å². The molecule has 3 atom stereocenters. The smallest absolute Gasteiger partial charge is 0.244 e. The third kappa shape index (κ3) is 15.8. The summed E-state index contributed by atoms with van der Waals surface area (Å²) >= 11 is 0. The van der Waals surface area contributed by atoms with Crippen LogP contribution >= 0.6 is 0 Å². The number of primary amides is 1. The molecule has 0 saturated heterocycles. The van der Waals surface area contributed by atoms with Gasteiger partial charge in [-0.2, -0.15) is 0 Å². The molecule has 12 heteroatoms. The predicted molar refractivity (Wildman–Crippen MR) is 155 cm³/mol. The summed E-state index contributed by atoms with van der Waals surface area (Å²) in [6.07, 6.45) is 4.50. The third-order valence-electron chi connectivity index (χ3n) is 6.60. The van der Waals surface area contributed by atoms with Crippen LogP contribution in [-0.4, -0.2) is 59.9 Å². The van der Waals surface area contributed by atoms with E-state index >= 15 is 0 Å². The van der Waals surface area contributed by atoms with Crippen molar-refractivity contribution in [3.05, 3.63) is 35.9 Å². The van der Waals surface area contributed by atoms with Crippen LogP contribution in [0.15, 0.2) is 30.3 Å². The highest BCUT2D eigenvalue weighted by molar-refractivity contribution is 5.90. The van der Waals surface area contributed by atoms with Crippen LogP contribution in [0.2, 0.25) is 0 Å². The number of nitrogens with two attached hydrogens (primary N) is 2. The van der Waals surface area contributed by atoms with E-state index < -0.39 is 35.7 Å². The largest absolute Gasteiger partial charge is 0.368 e. The fourth-order valence-corrected chi connectivity index (χ4v) is 4.44. The van der Waals surface area contributed by atoms with E-state index in [1.807, 2.05) is 44.2 Å². The average Bonchev–Trinajstić information content (AvgIpc) is 2.93. The van der Waals surface area contributed by atoms with Gasteiger partial charge < -0.3 is 27.4 Å². The van der Waals surface area contributed by atoms with Gasteiger partial charge in [0.15, 0.2) is 0 Å². The Hall–Kier alpha value is -3.51. The van der Waals surface area contributed by atoms with Crippen molar-refractivity contribution in [1.82, 2.24) is 21.4 Å². The molecule has 0 unspecified atom stereocenters. The Bertz CT molecular complexity index is 958. The molecule has 230 valence electrons. The van der Waals surface area contributed by atoms with Gasteiger partial charge >= 0.3 is 0 Å². The summed E-state index contributed by atoms with van der Waals surface area (Å²) in [6, 6.07) is 7.73. The summed E-state index contributed by atoms with van der Waals surface area (Å²) in [5, 5.41) is 17.2. The fraction of sp³-hybridized carbons (Fsp3) is 0.621. The normalized spacial score (nSPS) is 13.1. The van der Waals surface area contributed by atoms with Gasteiger partial charge in [0.1, 0.15) is 12.1 Å². The molecule has 1 aromatic carbocycles. The quantitative estimate of drug-likeness (QED) is 0.0642. The molecule has 1 rings (SSSR count). The minimum absolute atomic E-state index is 0.124. The monoisotopic (exact) mass is 576 g/mol. The first-order chi connectivity index (χ1) is 19.6. The SMILES string of the molecule is CC(C)C[C@H](CC(=O)NO)C(=O)N[C@@H](Cc1ccccc1)C(=O)NCCCCCC(=O)N[C@@H](CCCCN)C(N)=O. The summed E-state index contributed by atoms with van der Waals surface area (Å²) in [5.41, 5.74) is 13.3. The van der Waals surface area contributed by atoms with Crippen molar-refractivity contribution < 1.29 is 29.2 Å². The Balaban J connectivity index is 2.62. The number of rotatable bonds is 21. The van der Waals surface area contributed by atoms with Crippen LogP contribution in [0.4, 0.5) is 0 Å². The van der Waals surface area contributed by atoms with Gasteiger partial charge in [-0.25, -0.2) is 5.48 Å². The topological polar surface area (TPSA) is 206 Å². The molecule has 5 amide bonds. The van der Waals surface area contributed by atoms with Crippen LogP contribution in [0.5, 0.6) is 0 Å². The summed E-state index contributed by atoms with van der Waals surface area (Å²) in [6.45, 7) is 4.72. The number of carbonyl (C=O) groups excluding carboxylic acids is 5. The zero-order valence-corrected chi connectivity index (χ0v) is 24.3. The van der Waals surface area contributed by atoms with Crippen LogP contribution < -0.4 is 32.9 Å². The Morgan fingerprint density at radius 3 is 2.17 bits per heavy atom. The van der Waals surface area contributed by atoms with E-state index in [0.717, 1.165) is 12.0 Å². The second-order valence-corrected chi connectivity index (χ2v) is 10.7. The third-order valence-corrected chi connectivity index (χ3v) is 6.60. The average molecular weight is 577 g/mol. The van der Waals surface area contributed by atoms with E-state index in [1.165, 1.54) is 0 Å². The Labute approximate surface area is 242 Å². The van der Waals surface area contributed by atoms with E-state index in [9.17, 15) is 24.0 Å². The van der Waals surface area contributed by atoms with Crippen LogP contribution in [0.3, 0.4) is 0 Å². The minimum Gasteiger partial charge on any atom is -0.368 e. The molecule has 0 aliphatic rings. The van der Waals surface area contributed by atoms with Gasteiger partial charge in [-0.15, -0.1) is 0 Å². The van der Waals surface area contributed by atoms with Crippen molar-refractivity contribution in [2.75, 3.05) is 13.1 Å². The second kappa shape index (κ2) is 20.4. The van der Waals surface area contributed by atoms with Gasteiger partial charge in [-0.3, -0.25) is 29.2 Å². The van der Waals surface area contributed by atoms with Gasteiger partial charge in [-0.05, 0) is 56.6 Å². The van der Waals surface area contributed by atoms with Gasteiger partial charge in [0, 0.05) is 31.7 Å². The molecule has 0 saturated carbocycles. The number of hydrogen-bond donors (Lipinski definition) is 7. The van der Waals surface area contributed by atoms with Gasteiger partial charge in [0.25, 0.3) is 0 Å². The second-order valence-electron chi connectivity index (χ2n) is 10.7. The number of benzene rings is 1. The molecular formula is C29H48N6O6. The Kier molecular flexibility index (Phi) is 17.7. The van der Waals surface area contributed by atoms with E-state index in [4.69, 9.17) is 16.7 Å². The molecule has 0 spiro atoms. The summed E-state index contributed by atoms with van der Waals surface area (Å²) in [4.78, 5) is 61.7. The number of carbonyl (C=O) groups is 5. The van der Waals surface area contributed by atoms with E-state index in [1.54, 1.807) is 5.48 Å². The minimum atomic E-state index is -0.854. The highest BCUT2D eigenvalue weighted by Crippen LogP contribution is 2.17. The number of nitrogens with one attached hydrogen (secondary N) is 4. The van der Waals surface area contributed by atoms with Crippen molar-refractivity contribution in [2.45, 2.75) is 90.1 Å². The zero-order chi connectivity index (χ0) is 30.6. The van der Waals surface area contributed by atoms with E-state index in [-0.39, 0.29) is 37.0 Å². The Morgan fingerprint density at radius 1 is 0.854 bits per heavy atom. The fourth-order valence-electron chi connectivity index (χ4n) is 4.44. The van der Waals surface area contributed by atoms with E-state index in [2.05, 4.69) is 16.0 Å². The molecule has 0 bridgehead atoms. The van der Waals surface area contributed by atoms with Crippen LogP contribution in [0, 0.1) is 11.8 Å². The number of amides is 5. The highest BCUT2D eigenvalue weighted by Gasteiger charge is 2.28. The molecule has 1 aromatic rings. The lowest BCUT2D eigenvalue weighted by molar-refractivity contribution is -0.136. The van der Waals surface area contributed by atoms with E-state index in [0.29, 0.717) is 51.6 Å². The maximum Gasteiger partial charge on any atom is 0.244 e. The lowest BCUT2D eigenvalue weighted by Crippen LogP contribution is -2.50. The van der Waals surface area contributed by atoms with Crippen molar-refractivity contribution in [2.24, 2.45) is 23.3 Å². The lowest BCUT2D eigenvalue weighted by atomic mass is 9.92. The van der Waals surface area contributed by atoms with Crippen molar-refractivity contribution in [3.63, 3.8) is 0 Å². The molecule has 0 aromatic heterocycles. The first-order valence-electron chi connectivity index (χ1n) is 14.4. The van der Waals surface area contributed by atoms with Crippen LogP contribution in [-0.2, 0) is 30.4 Å². The molecule has 12 nitrogen and oxygen atoms in total. The predicted octanol–water partition coefficient (Wildman–Crippen LogP) is 1.05. The van der Waals surface area contributed by atoms with Crippen LogP contribution in [0.25, 0.3) is 0 Å². The molecule has 0 fully saturated rings. The van der Waals surface area contributed by atoms with Crippen molar-refractivity contribution in [3.8, 4) is 0 Å². The molecule has 0 radical (unpaired) electrons. The molecular weight excluding hydrogens is 528 g/mol. The number of hydroxylamine groups is 1. The summed E-state index contributed by atoms with van der Waals surface area (Å²) in [7, 11) is 0. The first kappa shape index (κ1) is 35.5. The maximum absolute atomic E-state index is 13.1.